The van der Waals surface area contributed by atoms with Crippen LogP contribution in [-0.4, -0.2) is 11.6 Å². The van der Waals surface area contributed by atoms with Crippen molar-refractivity contribution >= 4 is 11.7 Å². The predicted octanol–water partition coefficient (Wildman–Crippen LogP) is 2.20. The van der Waals surface area contributed by atoms with Crippen LogP contribution in [0.15, 0.2) is 18.2 Å². The molecule has 4 N–H and O–H groups in total. The average molecular weight is 239 g/mol. The van der Waals surface area contributed by atoms with Crippen LogP contribution < -0.4 is 16.4 Å². The van der Waals surface area contributed by atoms with Crippen LogP contribution in [0.2, 0.25) is 0 Å². The molecule has 0 radical (unpaired) electrons. The molecule has 0 aliphatic carbocycles. The van der Waals surface area contributed by atoms with Gasteiger partial charge in [-0.2, -0.15) is 0 Å². The van der Waals surface area contributed by atoms with Crippen LogP contribution in [0.1, 0.15) is 26.3 Å². The maximum absolute atomic E-state index is 13.2. The molecule has 1 aromatic carbocycles. The van der Waals surface area contributed by atoms with Crippen molar-refractivity contribution in [3.8, 4) is 0 Å². The summed E-state index contributed by atoms with van der Waals surface area (Å²) in [6.07, 6.45) is 0. The van der Waals surface area contributed by atoms with Crippen molar-refractivity contribution in [3.63, 3.8) is 0 Å². The number of halogens is 1. The molecule has 0 saturated heterocycles. The minimum absolute atomic E-state index is 0.0994. The number of urea groups is 1. The quantitative estimate of drug-likeness (QED) is 0.740. The van der Waals surface area contributed by atoms with Crippen molar-refractivity contribution in [3.05, 3.63) is 29.6 Å². The van der Waals surface area contributed by atoms with Crippen molar-refractivity contribution in [2.75, 3.05) is 5.32 Å². The second-order valence-corrected chi connectivity index (χ2v) is 4.84. The third-order valence-corrected chi connectivity index (χ3v) is 2.01. The number of benzene rings is 1. The monoisotopic (exact) mass is 239 g/mol. The Morgan fingerprint density at radius 3 is 2.59 bits per heavy atom. The summed E-state index contributed by atoms with van der Waals surface area (Å²) in [6, 6.07) is 3.98. The number of amides is 2. The summed E-state index contributed by atoms with van der Waals surface area (Å²) in [6.45, 7) is 5.73. The van der Waals surface area contributed by atoms with E-state index in [1.165, 1.54) is 18.2 Å². The van der Waals surface area contributed by atoms with Gasteiger partial charge in [0.2, 0.25) is 0 Å². The van der Waals surface area contributed by atoms with E-state index in [9.17, 15) is 9.18 Å². The molecule has 0 aliphatic rings. The molecule has 0 fully saturated rings. The summed E-state index contributed by atoms with van der Waals surface area (Å²) in [5.74, 6) is -0.366. The summed E-state index contributed by atoms with van der Waals surface area (Å²) < 4.78 is 13.2. The molecule has 1 aromatic rings. The smallest absolute Gasteiger partial charge is 0.319 e. The second kappa shape index (κ2) is 5.14. The highest BCUT2D eigenvalue weighted by Crippen LogP contribution is 2.14. The highest BCUT2D eigenvalue weighted by Gasteiger charge is 2.13. The van der Waals surface area contributed by atoms with Gasteiger partial charge >= 0.3 is 6.03 Å². The summed E-state index contributed by atoms with van der Waals surface area (Å²) in [5.41, 5.74) is 5.96. The number of hydrogen-bond donors (Lipinski definition) is 3. The van der Waals surface area contributed by atoms with E-state index in [2.05, 4.69) is 10.6 Å². The van der Waals surface area contributed by atoms with Gasteiger partial charge in [0.1, 0.15) is 5.82 Å². The molecule has 5 heteroatoms. The molecule has 0 aliphatic heterocycles. The second-order valence-electron chi connectivity index (χ2n) is 4.84. The van der Waals surface area contributed by atoms with Crippen LogP contribution in [-0.2, 0) is 6.54 Å². The first-order valence-corrected chi connectivity index (χ1v) is 5.39. The van der Waals surface area contributed by atoms with Crippen LogP contribution >= 0.6 is 0 Å². The van der Waals surface area contributed by atoms with Gasteiger partial charge in [0.15, 0.2) is 0 Å². The van der Waals surface area contributed by atoms with Gasteiger partial charge in [-0.25, -0.2) is 9.18 Å². The van der Waals surface area contributed by atoms with Gasteiger partial charge in [-0.3, -0.25) is 0 Å². The van der Waals surface area contributed by atoms with Gasteiger partial charge < -0.3 is 16.4 Å². The number of anilines is 1. The lowest BCUT2D eigenvalue weighted by molar-refractivity contribution is 0.244. The fraction of sp³-hybridized carbons (Fsp3) is 0.417. The summed E-state index contributed by atoms with van der Waals surface area (Å²) in [7, 11) is 0. The van der Waals surface area contributed by atoms with Gasteiger partial charge in [-0.1, -0.05) is 0 Å². The van der Waals surface area contributed by atoms with Crippen LogP contribution in [0, 0.1) is 5.82 Å². The molecular weight excluding hydrogens is 221 g/mol. The number of nitrogens with two attached hydrogens (primary N) is 1. The van der Waals surface area contributed by atoms with Crippen molar-refractivity contribution < 1.29 is 9.18 Å². The van der Waals surface area contributed by atoms with Crippen LogP contribution in [0.5, 0.6) is 0 Å². The number of carbonyl (C=O) groups excluding carboxylic acids is 1. The molecule has 2 amide bonds. The fourth-order valence-electron chi connectivity index (χ4n) is 1.31. The summed E-state index contributed by atoms with van der Waals surface area (Å²) in [4.78, 5) is 11.6. The van der Waals surface area contributed by atoms with Gasteiger partial charge in [0, 0.05) is 23.3 Å². The van der Waals surface area contributed by atoms with E-state index in [4.69, 9.17) is 5.73 Å². The van der Waals surface area contributed by atoms with Crippen LogP contribution in [0.4, 0.5) is 14.9 Å². The normalized spacial score (nSPS) is 11.1. The van der Waals surface area contributed by atoms with E-state index >= 15 is 0 Å². The highest BCUT2D eigenvalue weighted by molar-refractivity contribution is 5.89. The largest absolute Gasteiger partial charge is 0.333 e. The first-order valence-electron chi connectivity index (χ1n) is 5.39. The van der Waals surface area contributed by atoms with Crippen molar-refractivity contribution in [1.82, 2.24) is 5.32 Å². The van der Waals surface area contributed by atoms with E-state index in [-0.39, 0.29) is 23.9 Å². The number of nitrogens with one attached hydrogen (secondary N) is 2. The third-order valence-electron chi connectivity index (χ3n) is 2.01. The van der Waals surface area contributed by atoms with E-state index in [1.54, 1.807) is 0 Å². The first-order chi connectivity index (χ1) is 7.81. The number of hydrogen-bond acceptors (Lipinski definition) is 2. The van der Waals surface area contributed by atoms with E-state index in [0.29, 0.717) is 11.3 Å². The standard InChI is InChI=1S/C12H18FN3O/c1-12(2,3)16-11(17)15-9-4-5-10(13)8(6-9)7-14/h4-6H,7,14H2,1-3H3,(H2,15,16,17). The molecular formula is C12H18FN3O. The lowest BCUT2D eigenvalue weighted by Crippen LogP contribution is -2.43. The Hall–Kier alpha value is -1.62. The zero-order chi connectivity index (χ0) is 13.1. The summed E-state index contributed by atoms with van der Waals surface area (Å²) in [5, 5.41) is 5.37. The lowest BCUT2D eigenvalue weighted by atomic mass is 10.1. The molecule has 0 bridgehead atoms. The molecule has 94 valence electrons. The Balaban J connectivity index is 2.72. The molecule has 0 saturated carbocycles. The maximum Gasteiger partial charge on any atom is 0.319 e. The van der Waals surface area contributed by atoms with Crippen LogP contribution in [0.3, 0.4) is 0 Å². The molecule has 4 nitrogen and oxygen atoms in total. The van der Waals surface area contributed by atoms with E-state index < -0.39 is 0 Å². The van der Waals surface area contributed by atoms with Crippen molar-refractivity contribution in [2.24, 2.45) is 5.73 Å². The fourth-order valence-corrected chi connectivity index (χ4v) is 1.31. The van der Waals surface area contributed by atoms with Crippen molar-refractivity contribution in [2.45, 2.75) is 32.9 Å². The third kappa shape index (κ3) is 4.40. The van der Waals surface area contributed by atoms with Gasteiger partial charge in [-0.15, -0.1) is 0 Å². The van der Waals surface area contributed by atoms with E-state index in [1.807, 2.05) is 20.8 Å². The Labute approximate surface area is 100 Å². The molecule has 17 heavy (non-hydrogen) atoms. The maximum atomic E-state index is 13.2. The van der Waals surface area contributed by atoms with Gasteiger partial charge in [0.05, 0.1) is 0 Å². The Morgan fingerprint density at radius 1 is 1.41 bits per heavy atom. The highest BCUT2D eigenvalue weighted by atomic mass is 19.1. The Morgan fingerprint density at radius 2 is 2.06 bits per heavy atom. The zero-order valence-corrected chi connectivity index (χ0v) is 10.3. The van der Waals surface area contributed by atoms with Crippen molar-refractivity contribution in [1.29, 1.82) is 0 Å². The molecule has 0 heterocycles. The number of carbonyl (C=O) groups is 1. The number of rotatable bonds is 2. The minimum Gasteiger partial charge on any atom is -0.333 e. The van der Waals surface area contributed by atoms with Gasteiger partial charge in [-0.05, 0) is 39.0 Å². The zero-order valence-electron chi connectivity index (χ0n) is 10.3. The Bertz CT molecular complexity index is 413. The molecule has 0 spiro atoms. The molecule has 0 atom stereocenters. The molecule has 0 aromatic heterocycles. The lowest BCUT2D eigenvalue weighted by Gasteiger charge is -2.20. The minimum atomic E-state index is -0.366. The molecule has 1 rings (SSSR count). The average Bonchev–Trinajstić information content (AvgIpc) is 2.18. The predicted molar refractivity (Wildman–Crippen MR) is 66.2 cm³/mol. The summed E-state index contributed by atoms with van der Waals surface area (Å²) >= 11 is 0. The van der Waals surface area contributed by atoms with Crippen LogP contribution in [0.25, 0.3) is 0 Å². The first kappa shape index (κ1) is 13.4. The SMILES string of the molecule is CC(C)(C)NC(=O)Nc1ccc(F)c(CN)c1. The topological polar surface area (TPSA) is 67.2 Å². The Kier molecular flexibility index (Phi) is 4.07. The van der Waals surface area contributed by atoms with Gasteiger partial charge in [0.25, 0.3) is 0 Å². The van der Waals surface area contributed by atoms with E-state index in [0.717, 1.165) is 0 Å². The molecule has 0 unspecified atom stereocenters.